The number of carbonyl (C=O) groups is 1. The fraction of sp³-hybridized carbons (Fsp3) is 0.174. The molecule has 146 valence electrons. The second-order valence-corrected chi connectivity index (χ2v) is 7.06. The maximum Gasteiger partial charge on any atom is 0.272 e. The van der Waals surface area contributed by atoms with Gasteiger partial charge in [0.2, 0.25) is 0 Å². The van der Waals surface area contributed by atoms with Crippen LogP contribution in [0.2, 0.25) is 5.02 Å². The number of aromatic nitrogens is 3. The summed E-state index contributed by atoms with van der Waals surface area (Å²) in [5.74, 6) is -0.0848. The molecule has 0 radical (unpaired) electrons. The van der Waals surface area contributed by atoms with Gasteiger partial charge in [-0.2, -0.15) is 5.10 Å². The van der Waals surface area contributed by atoms with Gasteiger partial charge in [-0.1, -0.05) is 60.1 Å². The highest BCUT2D eigenvalue weighted by Gasteiger charge is 2.21. The Morgan fingerprint density at radius 2 is 1.66 bits per heavy atom. The normalized spacial score (nSPS) is 11.0. The van der Waals surface area contributed by atoms with Crippen LogP contribution in [-0.4, -0.2) is 38.5 Å². The van der Waals surface area contributed by atoms with Crippen LogP contribution in [0.5, 0.6) is 0 Å². The molecule has 0 atom stereocenters. The lowest BCUT2D eigenvalue weighted by atomic mass is 10.1. The molecule has 0 aliphatic rings. The van der Waals surface area contributed by atoms with Gasteiger partial charge in [0.1, 0.15) is 5.69 Å². The summed E-state index contributed by atoms with van der Waals surface area (Å²) in [7, 11) is 0. The van der Waals surface area contributed by atoms with Gasteiger partial charge in [0.15, 0.2) is 5.65 Å². The molecule has 1 amide bonds. The van der Waals surface area contributed by atoms with E-state index in [1.165, 1.54) is 0 Å². The van der Waals surface area contributed by atoms with Crippen LogP contribution in [0.1, 0.15) is 24.3 Å². The van der Waals surface area contributed by atoms with Crippen molar-refractivity contribution in [1.29, 1.82) is 0 Å². The van der Waals surface area contributed by atoms with Crippen LogP contribution in [0.15, 0.2) is 66.7 Å². The molecule has 29 heavy (non-hydrogen) atoms. The van der Waals surface area contributed by atoms with Crippen molar-refractivity contribution in [2.24, 2.45) is 0 Å². The highest BCUT2D eigenvalue weighted by atomic mass is 35.5. The third-order valence-corrected chi connectivity index (χ3v) is 5.25. The maximum atomic E-state index is 13.2. The Balaban J connectivity index is 1.95. The standard InChI is InChI=1S/C23H21ClN4O/c1-3-27(4-2)23(29)21-14-20(17-12-8-9-13-18(17)24)25-22-15-19(26-28(21)22)16-10-6-5-7-11-16/h5-15H,3-4H2,1-2H3. The van der Waals surface area contributed by atoms with E-state index in [0.717, 1.165) is 16.8 Å². The molecule has 0 fully saturated rings. The first-order valence-corrected chi connectivity index (χ1v) is 10.0. The van der Waals surface area contributed by atoms with Crippen molar-refractivity contribution in [3.63, 3.8) is 0 Å². The monoisotopic (exact) mass is 404 g/mol. The number of amides is 1. The van der Waals surface area contributed by atoms with Gasteiger partial charge in [-0.3, -0.25) is 4.79 Å². The van der Waals surface area contributed by atoms with Crippen LogP contribution < -0.4 is 0 Å². The van der Waals surface area contributed by atoms with E-state index in [1.54, 1.807) is 15.5 Å². The average Bonchev–Trinajstić information content (AvgIpc) is 3.19. The van der Waals surface area contributed by atoms with Gasteiger partial charge in [0.05, 0.1) is 11.4 Å². The Hall–Kier alpha value is -3.18. The number of rotatable bonds is 5. The van der Waals surface area contributed by atoms with Gasteiger partial charge in [0.25, 0.3) is 5.91 Å². The summed E-state index contributed by atoms with van der Waals surface area (Å²) in [6.07, 6.45) is 0. The number of hydrogen-bond acceptors (Lipinski definition) is 3. The van der Waals surface area contributed by atoms with Crippen LogP contribution in [-0.2, 0) is 0 Å². The number of benzene rings is 2. The quantitative estimate of drug-likeness (QED) is 0.459. The highest BCUT2D eigenvalue weighted by Crippen LogP contribution is 2.29. The largest absolute Gasteiger partial charge is 0.338 e. The first-order chi connectivity index (χ1) is 14.1. The Bertz CT molecular complexity index is 1170. The second-order valence-electron chi connectivity index (χ2n) is 6.65. The zero-order valence-corrected chi connectivity index (χ0v) is 17.1. The van der Waals surface area contributed by atoms with E-state index in [0.29, 0.717) is 35.1 Å². The van der Waals surface area contributed by atoms with Gasteiger partial charge in [-0.15, -0.1) is 0 Å². The predicted molar refractivity (Wildman–Crippen MR) is 116 cm³/mol. The third-order valence-electron chi connectivity index (χ3n) is 4.92. The molecule has 2 aromatic carbocycles. The van der Waals surface area contributed by atoms with Crippen molar-refractivity contribution in [3.05, 3.63) is 77.4 Å². The van der Waals surface area contributed by atoms with Crippen LogP contribution in [0.25, 0.3) is 28.2 Å². The zero-order chi connectivity index (χ0) is 20.4. The van der Waals surface area contributed by atoms with E-state index in [4.69, 9.17) is 16.6 Å². The Morgan fingerprint density at radius 1 is 0.966 bits per heavy atom. The molecule has 0 bridgehead atoms. The lowest BCUT2D eigenvalue weighted by Crippen LogP contribution is -2.32. The van der Waals surface area contributed by atoms with Crippen LogP contribution in [0, 0.1) is 0 Å². The Labute approximate surface area is 174 Å². The molecule has 0 unspecified atom stereocenters. The summed E-state index contributed by atoms with van der Waals surface area (Å²) in [4.78, 5) is 19.8. The van der Waals surface area contributed by atoms with E-state index < -0.39 is 0 Å². The number of hydrogen-bond donors (Lipinski definition) is 0. The first kappa shape index (κ1) is 19.2. The number of carbonyl (C=O) groups excluding carboxylic acids is 1. The zero-order valence-electron chi connectivity index (χ0n) is 16.3. The third kappa shape index (κ3) is 3.61. The summed E-state index contributed by atoms with van der Waals surface area (Å²) in [6, 6.07) is 21.0. The Morgan fingerprint density at radius 3 is 2.34 bits per heavy atom. The van der Waals surface area contributed by atoms with Crippen LogP contribution >= 0.6 is 11.6 Å². The molecule has 0 spiro atoms. The van der Waals surface area contributed by atoms with Gasteiger partial charge in [-0.05, 0) is 26.0 Å². The topological polar surface area (TPSA) is 50.5 Å². The molecule has 4 aromatic rings. The summed E-state index contributed by atoms with van der Waals surface area (Å²) in [6.45, 7) is 5.17. The number of fused-ring (bicyclic) bond motifs is 1. The number of nitrogens with zero attached hydrogens (tertiary/aromatic N) is 4. The van der Waals surface area contributed by atoms with E-state index in [-0.39, 0.29) is 5.91 Å². The molecular formula is C23H21ClN4O. The van der Waals surface area contributed by atoms with E-state index in [1.807, 2.05) is 74.5 Å². The second kappa shape index (κ2) is 8.05. The van der Waals surface area contributed by atoms with Crippen molar-refractivity contribution in [2.45, 2.75) is 13.8 Å². The maximum absolute atomic E-state index is 13.2. The molecule has 0 saturated carbocycles. The fourth-order valence-electron chi connectivity index (χ4n) is 3.36. The van der Waals surface area contributed by atoms with E-state index >= 15 is 0 Å². The molecule has 6 heteroatoms. The van der Waals surface area contributed by atoms with Gasteiger partial charge < -0.3 is 4.90 Å². The van der Waals surface area contributed by atoms with Crippen LogP contribution in [0.4, 0.5) is 0 Å². The summed E-state index contributed by atoms with van der Waals surface area (Å²) < 4.78 is 1.63. The lowest BCUT2D eigenvalue weighted by molar-refractivity contribution is 0.0764. The van der Waals surface area contributed by atoms with Crippen molar-refractivity contribution >= 4 is 23.2 Å². The molecule has 2 aromatic heterocycles. The highest BCUT2D eigenvalue weighted by molar-refractivity contribution is 6.33. The lowest BCUT2D eigenvalue weighted by Gasteiger charge is -2.19. The van der Waals surface area contributed by atoms with Gasteiger partial charge >= 0.3 is 0 Å². The number of halogens is 1. The molecule has 4 rings (SSSR count). The minimum absolute atomic E-state index is 0.0848. The average molecular weight is 405 g/mol. The molecule has 5 nitrogen and oxygen atoms in total. The summed E-state index contributed by atoms with van der Waals surface area (Å²) in [5, 5.41) is 5.28. The minimum atomic E-state index is -0.0848. The first-order valence-electron chi connectivity index (χ1n) is 9.62. The molecule has 0 aliphatic heterocycles. The van der Waals surface area contributed by atoms with Crippen molar-refractivity contribution in [3.8, 4) is 22.5 Å². The fourth-order valence-corrected chi connectivity index (χ4v) is 3.59. The minimum Gasteiger partial charge on any atom is -0.338 e. The molecule has 0 saturated heterocycles. The van der Waals surface area contributed by atoms with E-state index in [9.17, 15) is 4.79 Å². The van der Waals surface area contributed by atoms with Crippen molar-refractivity contribution < 1.29 is 4.79 Å². The van der Waals surface area contributed by atoms with Crippen molar-refractivity contribution in [1.82, 2.24) is 19.5 Å². The van der Waals surface area contributed by atoms with E-state index in [2.05, 4.69) is 5.10 Å². The summed E-state index contributed by atoms with van der Waals surface area (Å²) in [5.41, 5.74) is 4.25. The smallest absolute Gasteiger partial charge is 0.272 e. The summed E-state index contributed by atoms with van der Waals surface area (Å²) >= 11 is 6.40. The SMILES string of the molecule is CCN(CC)C(=O)c1cc(-c2ccccc2Cl)nc2cc(-c3ccccc3)nn12. The predicted octanol–water partition coefficient (Wildman–Crippen LogP) is 5.20. The van der Waals surface area contributed by atoms with Crippen molar-refractivity contribution in [2.75, 3.05) is 13.1 Å². The molecular weight excluding hydrogens is 384 g/mol. The van der Waals surface area contributed by atoms with Gasteiger partial charge in [0, 0.05) is 35.3 Å². The Kier molecular flexibility index (Phi) is 5.32. The molecule has 0 aliphatic carbocycles. The van der Waals surface area contributed by atoms with Gasteiger partial charge in [-0.25, -0.2) is 9.50 Å². The molecule has 2 heterocycles. The van der Waals surface area contributed by atoms with Crippen LogP contribution in [0.3, 0.4) is 0 Å². The molecule has 0 N–H and O–H groups in total.